The van der Waals surface area contributed by atoms with Crippen molar-refractivity contribution >= 4 is 0 Å². The van der Waals surface area contributed by atoms with E-state index in [0.29, 0.717) is 11.9 Å². The molecule has 0 amide bonds. The number of aromatic nitrogens is 2. The minimum Gasteiger partial charge on any atom is -0.437 e. The van der Waals surface area contributed by atoms with Crippen molar-refractivity contribution in [2.75, 3.05) is 0 Å². The van der Waals surface area contributed by atoms with Crippen LogP contribution in [-0.4, -0.2) is 16.0 Å². The number of hydrogen-bond donors (Lipinski definition) is 1. The molecule has 0 aliphatic heterocycles. The second-order valence-corrected chi connectivity index (χ2v) is 4.86. The normalized spacial score (nSPS) is 14.4. The molecule has 4 nitrogen and oxygen atoms in total. The van der Waals surface area contributed by atoms with E-state index in [2.05, 4.69) is 15.3 Å². The van der Waals surface area contributed by atoms with Crippen molar-refractivity contribution in [3.8, 4) is 11.6 Å². The van der Waals surface area contributed by atoms with Crippen LogP contribution in [0.3, 0.4) is 0 Å². The SMILES string of the molecule is Cc1ccc(Oc2ncccc2CNC2CC2)cn1. The summed E-state index contributed by atoms with van der Waals surface area (Å²) in [5.74, 6) is 1.37. The van der Waals surface area contributed by atoms with Crippen molar-refractivity contribution in [2.24, 2.45) is 0 Å². The molecular formula is C15H17N3O. The Morgan fingerprint density at radius 3 is 2.89 bits per heavy atom. The van der Waals surface area contributed by atoms with Gasteiger partial charge in [0.25, 0.3) is 0 Å². The second kappa shape index (κ2) is 5.36. The van der Waals surface area contributed by atoms with Crippen LogP contribution in [0.4, 0.5) is 0 Å². The van der Waals surface area contributed by atoms with Crippen LogP contribution in [0.1, 0.15) is 24.1 Å². The lowest BCUT2D eigenvalue weighted by Gasteiger charge is -2.10. The maximum atomic E-state index is 5.80. The van der Waals surface area contributed by atoms with E-state index in [1.807, 2.05) is 31.2 Å². The summed E-state index contributed by atoms with van der Waals surface area (Å²) < 4.78 is 5.80. The predicted molar refractivity (Wildman–Crippen MR) is 73.1 cm³/mol. The summed E-state index contributed by atoms with van der Waals surface area (Å²) in [6.07, 6.45) is 6.02. The largest absolute Gasteiger partial charge is 0.437 e. The second-order valence-electron chi connectivity index (χ2n) is 4.86. The highest BCUT2D eigenvalue weighted by Crippen LogP contribution is 2.24. The third-order valence-corrected chi connectivity index (χ3v) is 3.11. The molecule has 1 aliphatic rings. The zero-order valence-corrected chi connectivity index (χ0v) is 11.0. The molecule has 0 spiro atoms. The molecule has 4 heteroatoms. The average Bonchev–Trinajstić information content (AvgIpc) is 3.25. The third kappa shape index (κ3) is 3.29. The minimum atomic E-state index is 0.654. The van der Waals surface area contributed by atoms with Crippen LogP contribution in [0.5, 0.6) is 11.6 Å². The van der Waals surface area contributed by atoms with Crippen molar-refractivity contribution < 1.29 is 4.74 Å². The smallest absolute Gasteiger partial charge is 0.223 e. The fourth-order valence-electron chi connectivity index (χ4n) is 1.82. The number of hydrogen-bond acceptors (Lipinski definition) is 4. The van der Waals surface area contributed by atoms with Gasteiger partial charge in [-0.15, -0.1) is 0 Å². The Bertz CT molecular complexity index is 550. The maximum absolute atomic E-state index is 5.80. The Morgan fingerprint density at radius 2 is 2.16 bits per heavy atom. The van der Waals surface area contributed by atoms with Gasteiger partial charge in [-0.05, 0) is 38.0 Å². The molecule has 0 bridgehead atoms. The van der Waals surface area contributed by atoms with Gasteiger partial charge in [0.1, 0.15) is 5.75 Å². The molecule has 3 rings (SSSR count). The molecule has 0 unspecified atom stereocenters. The lowest BCUT2D eigenvalue weighted by molar-refractivity contribution is 0.450. The Kier molecular flexibility index (Phi) is 3.42. The third-order valence-electron chi connectivity index (χ3n) is 3.11. The summed E-state index contributed by atoms with van der Waals surface area (Å²) in [6, 6.07) is 8.49. The van der Waals surface area contributed by atoms with Crippen molar-refractivity contribution in [1.29, 1.82) is 0 Å². The summed E-state index contributed by atoms with van der Waals surface area (Å²) in [5, 5.41) is 3.47. The molecule has 1 saturated carbocycles. The monoisotopic (exact) mass is 255 g/mol. The summed E-state index contributed by atoms with van der Waals surface area (Å²) >= 11 is 0. The van der Waals surface area contributed by atoms with Gasteiger partial charge in [-0.2, -0.15) is 0 Å². The van der Waals surface area contributed by atoms with Crippen LogP contribution in [0.2, 0.25) is 0 Å². The van der Waals surface area contributed by atoms with Gasteiger partial charge in [-0.1, -0.05) is 6.07 Å². The molecule has 2 heterocycles. The van der Waals surface area contributed by atoms with E-state index in [1.54, 1.807) is 12.4 Å². The molecule has 0 aromatic carbocycles. The van der Waals surface area contributed by atoms with E-state index in [1.165, 1.54) is 12.8 Å². The quantitative estimate of drug-likeness (QED) is 0.892. The Labute approximate surface area is 112 Å². The minimum absolute atomic E-state index is 0.654. The first-order valence-electron chi connectivity index (χ1n) is 6.59. The van der Waals surface area contributed by atoms with Crippen LogP contribution in [0.25, 0.3) is 0 Å². The Hall–Kier alpha value is -1.94. The van der Waals surface area contributed by atoms with Gasteiger partial charge in [0.05, 0.1) is 6.20 Å². The van der Waals surface area contributed by atoms with Crippen molar-refractivity contribution in [2.45, 2.75) is 32.4 Å². The lowest BCUT2D eigenvalue weighted by atomic mass is 10.2. The molecule has 19 heavy (non-hydrogen) atoms. The number of pyridine rings is 2. The number of ether oxygens (including phenoxy) is 1. The standard InChI is InChI=1S/C15H17N3O/c1-11-4-7-14(10-17-11)19-15-12(3-2-8-16-15)9-18-13-5-6-13/h2-4,7-8,10,13,18H,5-6,9H2,1H3. The molecule has 1 fully saturated rings. The van der Waals surface area contributed by atoms with Crippen molar-refractivity contribution in [3.63, 3.8) is 0 Å². The summed E-state index contributed by atoms with van der Waals surface area (Å²) in [5.41, 5.74) is 2.05. The van der Waals surface area contributed by atoms with Crippen LogP contribution in [0.15, 0.2) is 36.7 Å². The first-order chi connectivity index (χ1) is 9.31. The fourth-order valence-corrected chi connectivity index (χ4v) is 1.82. The van der Waals surface area contributed by atoms with Gasteiger partial charge in [0, 0.05) is 30.0 Å². The van der Waals surface area contributed by atoms with Gasteiger partial charge in [-0.3, -0.25) is 4.98 Å². The van der Waals surface area contributed by atoms with E-state index in [9.17, 15) is 0 Å². The van der Waals surface area contributed by atoms with E-state index in [4.69, 9.17) is 4.74 Å². The molecule has 2 aromatic rings. The highest BCUT2D eigenvalue weighted by Gasteiger charge is 2.20. The molecule has 0 saturated heterocycles. The summed E-state index contributed by atoms with van der Waals surface area (Å²) in [4.78, 5) is 8.53. The van der Waals surface area contributed by atoms with Gasteiger partial charge in [-0.25, -0.2) is 4.98 Å². The van der Waals surface area contributed by atoms with Crippen molar-refractivity contribution in [3.05, 3.63) is 47.9 Å². The van der Waals surface area contributed by atoms with Crippen LogP contribution >= 0.6 is 0 Å². The van der Waals surface area contributed by atoms with Gasteiger partial charge in [0.2, 0.25) is 5.88 Å². The predicted octanol–water partition coefficient (Wildman–Crippen LogP) is 2.83. The average molecular weight is 255 g/mol. The highest BCUT2D eigenvalue weighted by atomic mass is 16.5. The zero-order chi connectivity index (χ0) is 13.1. The Morgan fingerprint density at radius 1 is 1.26 bits per heavy atom. The number of nitrogens with one attached hydrogen (secondary N) is 1. The molecular weight excluding hydrogens is 238 g/mol. The van der Waals surface area contributed by atoms with Crippen LogP contribution in [-0.2, 0) is 6.54 Å². The topological polar surface area (TPSA) is 47.0 Å². The van der Waals surface area contributed by atoms with E-state index >= 15 is 0 Å². The van der Waals surface area contributed by atoms with Gasteiger partial charge in [0.15, 0.2) is 0 Å². The van der Waals surface area contributed by atoms with Crippen molar-refractivity contribution in [1.82, 2.24) is 15.3 Å². The molecule has 0 atom stereocenters. The molecule has 2 aromatic heterocycles. The van der Waals surface area contributed by atoms with Crippen LogP contribution < -0.4 is 10.1 Å². The molecule has 1 N–H and O–H groups in total. The zero-order valence-electron chi connectivity index (χ0n) is 11.0. The molecule has 98 valence electrons. The summed E-state index contributed by atoms with van der Waals surface area (Å²) in [6.45, 7) is 2.75. The molecule has 0 radical (unpaired) electrons. The van der Waals surface area contributed by atoms with Gasteiger partial charge >= 0.3 is 0 Å². The maximum Gasteiger partial charge on any atom is 0.223 e. The molecule has 1 aliphatic carbocycles. The first kappa shape index (κ1) is 12.1. The number of aryl methyl sites for hydroxylation is 1. The Balaban J connectivity index is 1.73. The fraction of sp³-hybridized carbons (Fsp3) is 0.333. The number of rotatable bonds is 5. The first-order valence-corrected chi connectivity index (χ1v) is 6.59. The summed E-state index contributed by atoms with van der Waals surface area (Å²) in [7, 11) is 0. The van der Waals surface area contributed by atoms with E-state index in [0.717, 1.165) is 23.6 Å². The van der Waals surface area contributed by atoms with Crippen LogP contribution in [0, 0.1) is 6.92 Å². The van der Waals surface area contributed by atoms with Gasteiger partial charge < -0.3 is 10.1 Å². The van der Waals surface area contributed by atoms with E-state index < -0.39 is 0 Å². The highest BCUT2D eigenvalue weighted by molar-refractivity contribution is 5.31. The lowest BCUT2D eigenvalue weighted by Crippen LogP contribution is -2.16. The van der Waals surface area contributed by atoms with E-state index in [-0.39, 0.29) is 0 Å². The number of nitrogens with zero attached hydrogens (tertiary/aromatic N) is 2.